The molecule has 0 aromatic carbocycles. The molecule has 0 saturated heterocycles. The third kappa shape index (κ3) is 58.0. The molecule has 0 aliphatic carbocycles. The molecule has 0 aromatic heterocycles. The average molecular weight is 1050 g/mol. The number of quaternary nitrogens is 1. The van der Waals surface area contributed by atoms with Crippen molar-refractivity contribution in [3.8, 4) is 0 Å². The number of rotatable bonds is 56. The van der Waals surface area contributed by atoms with Crippen LogP contribution in [0.15, 0.2) is 85.1 Å². The molecule has 0 saturated carbocycles. The van der Waals surface area contributed by atoms with E-state index >= 15 is 0 Å². The molecule has 0 amide bonds. The van der Waals surface area contributed by atoms with Crippen LogP contribution >= 0.6 is 0 Å². The third-order valence-electron chi connectivity index (χ3n) is 13.1. The summed E-state index contributed by atoms with van der Waals surface area (Å²) in [5.41, 5.74) is 0. The van der Waals surface area contributed by atoms with E-state index in [4.69, 9.17) is 18.9 Å². The minimum absolute atomic E-state index is 0.132. The van der Waals surface area contributed by atoms with Crippen LogP contribution in [0.3, 0.4) is 0 Å². The molecule has 2 unspecified atom stereocenters. The Morgan fingerprint density at radius 1 is 0.413 bits per heavy atom. The third-order valence-corrected chi connectivity index (χ3v) is 13.1. The quantitative estimate of drug-likeness (QED) is 0.0211. The molecule has 9 nitrogen and oxygen atoms in total. The van der Waals surface area contributed by atoms with Crippen molar-refractivity contribution in [2.45, 2.75) is 270 Å². The van der Waals surface area contributed by atoms with Crippen molar-refractivity contribution in [1.82, 2.24) is 0 Å². The molecule has 9 heteroatoms. The summed E-state index contributed by atoms with van der Waals surface area (Å²) >= 11 is 0. The average Bonchev–Trinajstić information content (AvgIpc) is 3.38. The molecule has 0 rings (SSSR count). The number of allylic oxidation sites excluding steroid dienone is 14. The maximum atomic E-state index is 12.8. The summed E-state index contributed by atoms with van der Waals surface area (Å²) in [7, 11) is 5.94. The van der Waals surface area contributed by atoms with Gasteiger partial charge in [0.15, 0.2) is 6.10 Å². The Morgan fingerprint density at radius 3 is 1.19 bits per heavy atom. The van der Waals surface area contributed by atoms with E-state index in [1.54, 1.807) is 0 Å². The molecule has 0 bridgehead atoms. The standard InChI is InChI=1S/C66H115NO8/c1-6-8-10-12-14-16-18-20-22-24-26-27-28-29-30-31-32-33-34-35-36-37-39-40-42-44-46-48-50-52-54-56-63(68)73-60-62(61-74-66(65(70)71)72-59-58-67(3,4)5)75-64(69)57-55-53-51-49-47-45-43-41-38-25-23-21-19-17-15-13-11-9-7-2/h9,11,15,17,21,23-24,26,38,41,45,47,51,53,62,66H,6-8,10,12-14,16,18-20,22,25,27-37,39-40,42-44,46,48-50,52,54-61H2,1-5H3/p+1/b11-9-,17-15-,23-21-,26-24-,41-38-,47-45-,53-51-. The highest BCUT2D eigenvalue weighted by atomic mass is 16.7. The summed E-state index contributed by atoms with van der Waals surface area (Å²) in [4.78, 5) is 37.4. The number of ether oxygens (including phenoxy) is 4. The van der Waals surface area contributed by atoms with Gasteiger partial charge in [-0.05, 0) is 77.0 Å². The lowest BCUT2D eigenvalue weighted by molar-refractivity contribution is -0.870. The zero-order valence-electron chi connectivity index (χ0n) is 49.2. The highest BCUT2D eigenvalue weighted by Gasteiger charge is 2.25. The summed E-state index contributed by atoms with van der Waals surface area (Å²) in [5, 5.41) is 9.70. The van der Waals surface area contributed by atoms with Gasteiger partial charge in [-0.2, -0.15) is 0 Å². The molecule has 0 aliphatic heterocycles. The number of esters is 2. The molecule has 0 spiro atoms. The van der Waals surface area contributed by atoms with E-state index in [2.05, 4.69) is 86.8 Å². The van der Waals surface area contributed by atoms with Gasteiger partial charge >= 0.3 is 17.9 Å². The number of nitrogens with zero attached hydrogens (tertiary/aromatic N) is 1. The SMILES string of the molecule is CC/C=C\C/C=C\C/C=C\C/C=C\C/C=C\C/C=C\CCC(=O)OC(COC(=O)CCCCCCCCCCCCCCCCCCCCC/C=C\CCCCCCCCCC)COC(OCC[N+](C)(C)C)C(=O)O. The molecule has 0 aliphatic rings. The van der Waals surface area contributed by atoms with Crippen LogP contribution < -0.4 is 0 Å². The van der Waals surface area contributed by atoms with E-state index in [-0.39, 0.29) is 38.6 Å². The van der Waals surface area contributed by atoms with Gasteiger partial charge in [-0.1, -0.05) is 253 Å². The van der Waals surface area contributed by atoms with E-state index in [0.29, 0.717) is 17.4 Å². The Balaban J connectivity index is 4.19. The van der Waals surface area contributed by atoms with Gasteiger partial charge in [0, 0.05) is 12.8 Å². The molecular weight excluding hydrogens is 935 g/mol. The normalized spacial score (nSPS) is 13.3. The topological polar surface area (TPSA) is 108 Å². The number of carbonyl (C=O) groups is 3. The Bertz CT molecular complexity index is 1500. The van der Waals surface area contributed by atoms with Crippen molar-refractivity contribution in [2.24, 2.45) is 0 Å². The number of carboxylic acid groups (broad SMARTS) is 1. The first-order chi connectivity index (χ1) is 36.6. The van der Waals surface area contributed by atoms with Gasteiger partial charge in [0.2, 0.25) is 0 Å². The van der Waals surface area contributed by atoms with Crippen molar-refractivity contribution < 1.29 is 42.9 Å². The van der Waals surface area contributed by atoms with Crippen LogP contribution in [0.5, 0.6) is 0 Å². The van der Waals surface area contributed by atoms with Gasteiger partial charge in [-0.25, -0.2) is 4.79 Å². The van der Waals surface area contributed by atoms with Gasteiger partial charge in [0.25, 0.3) is 6.29 Å². The highest BCUT2D eigenvalue weighted by molar-refractivity contribution is 5.71. The Hall–Kier alpha value is -3.53. The van der Waals surface area contributed by atoms with Crippen molar-refractivity contribution in [1.29, 1.82) is 0 Å². The number of aliphatic carboxylic acids is 1. The molecule has 1 N–H and O–H groups in total. The lowest BCUT2D eigenvalue weighted by Gasteiger charge is -2.25. The first-order valence-corrected chi connectivity index (χ1v) is 30.8. The van der Waals surface area contributed by atoms with Crippen LogP contribution in [0.2, 0.25) is 0 Å². The van der Waals surface area contributed by atoms with Gasteiger partial charge in [-0.3, -0.25) is 9.59 Å². The van der Waals surface area contributed by atoms with Crippen molar-refractivity contribution in [2.75, 3.05) is 47.5 Å². The van der Waals surface area contributed by atoms with Crippen molar-refractivity contribution >= 4 is 17.9 Å². The van der Waals surface area contributed by atoms with Crippen LogP contribution in [0.25, 0.3) is 0 Å². The number of carbonyl (C=O) groups excluding carboxylic acids is 2. The van der Waals surface area contributed by atoms with Gasteiger partial charge in [-0.15, -0.1) is 0 Å². The van der Waals surface area contributed by atoms with E-state index in [9.17, 15) is 19.5 Å². The molecule has 432 valence electrons. The molecule has 0 aromatic rings. The molecule has 0 fully saturated rings. The predicted octanol–water partition coefficient (Wildman–Crippen LogP) is 18.3. The number of unbranched alkanes of at least 4 members (excludes halogenated alkanes) is 27. The second-order valence-electron chi connectivity index (χ2n) is 21.6. The zero-order chi connectivity index (χ0) is 54.8. The number of hydrogen-bond acceptors (Lipinski definition) is 7. The Kier molecular flexibility index (Phi) is 54.0. The minimum Gasteiger partial charge on any atom is -0.477 e. The predicted molar refractivity (Wildman–Crippen MR) is 318 cm³/mol. The Morgan fingerprint density at radius 2 is 0.787 bits per heavy atom. The molecule has 2 atom stereocenters. The summed E-state index contributed by atoms with van der Waals surface area (Å²) in [6.45, 7) is 4.69. The van der Waals surface area contributed by atoms with Crippen LogP contribution in [0.4, 0.5) is 0 Å². The highest BCUT2D eigenvalue weighted by Crippen LogP contribution is 2.17. The maximum absolute atomic E-state index is 12.8. The fraction of sp³-hybridized carbons (Fsp3) is 0.742. The largest absolute Gasteiger partial charge is 0.477 e. The fourth-order valence-electron chi connectivity index (χ4n) is 8.45. The van der Waals surface area contributed by atoms with E-state index < -0.39 is 24.3 Å². The molecule has 75 heavy (non-hydrogen) atoms. The van der Waals surface area contributed by atoms with Crippen molar-refractivity contribution in [3.63, 3.8) is 0 Å². The zero-order valence-corrected chi connectivity index (χ0v) is 49.2. The van der Waals surface area contributed by atoms with Crippen LogP contribution in [0, 0.1) is 0 Å². The van der Waals surface area contributed by atoms with Crippen LogP contribution in [-0.2, 0) is 33.3 Å². The lowest BCUT2D eigenvalue weighted by atomic mass is 10.0. The minimum atomic E-state index is -1.53. The lowest BCUT2D eigenvalue weighted by Crippen LogP contribution is -2.40. The first kappa shape index (κ1) is 71.5. The van der Waals surface area contributed by atoms with Gasteiger partial charge < -0.3 is 28.5 Å². The van der Waals surface area contributed by atoms with E-state index in [1.165, 1.54) is 167 Å². The van der Waals surface area contributed by atoms with E-state index in [0.717, 1.165) is 57.8 Å². The number of carboxylic acids is 1. The second kappa shape index (κ2) is 56.7. The number of likely N-dealkylation sites (N-methyl/N-ethyl adjacent to an activating group) is 1. The molecule has 0 heterocycles. The monoisotopic (exact) mass is 1050 g/mol. The van der Waals surface area contributed by atoms with Crippen LogP contribution in [-0.4, -0.2) is 87.4 Å². The maximum Gasteiger partial charge on any atom is 0.361 e. The Labute approximate surface area is 461 Å². The first-order valence-electron chi connectivity index (χ1n) is 30.8. The smallest absolute Gasteiger partial charge is 0.361 e. The van der Waals surface area contributed by atoms with E-state index in [1.807, 2.05) is 33.3 Å². The molecular formula is C66H116NO8+. The van der Waals surface area contributed by atoms with Gasteiger partial charge in [0.05, 0.1) is 34.4 Å². The van der Waals surface area contributed by atoms with Crippen LogP contribution in [0.1, 0.15) is 258 Å². The number of hydrogen-bond donors (Lipinski definition) is 1. The summed E-state index contributed by atoms with van der Waals surface area (Å²) in [6, 6.07) is 0. The van der Waals surface area contributed by atoms with Gasteiger partial charge in [0.1, 0.15) is 13.2 Å². The second-order valence-corrected chi connectivity index (χ2v) is 21.6. The summed E-state index contributed by atoms with van der Waals surface area (Å²) < 4.78 is 22.8. The summed E-state index contributed by atoms with van der Waals surface area (Å²) in [6.07, 6.45) is 72.8. The van der Waals surface area contributed by atoms with Crippen molar-refractivity contribution in [3.05, 3.63) is 85.1 Å². The molecule has 0 radical (unpaired) electrons. The summed E-state index contributed by atoms with van der Waals surface area (Å²) in [5.74, 6) is -2.12. The fourth-order valence-corrected chi connectivity index (χ4v) is 8.45.